The van der Waals surface area contributed by atoms with Gasteiger partial charge in [-0.25, -0.2) is 4.79 Å². The Labute approximate surface area is 166 Å². The number of carbonyl (C=O) groups is 2. The Bertz CT molecular complexity index is 778. The molecule has 1 N–H and O–H groups in total. The van der Waals surface area contributed by atoms with Gasteiger partial charge in [-0.3, -0.25) is 4.79 Å². The molecule has 2 rings (SSSR count). The van der Waals surface area contributed by atoms with E-state index in [1.807, 2.05) is 24.3 Å². The van der Waals surface area contributed by atoms with Crippen molar-refractivity contribution in [2.75, 3.05) is 14.2 Å². The normalized spacial score (nSPS) is 12.7. The van der Waals surface area contributed by atoms with E-state index in [2.05, 4.69) is 21.2 Å². The number of esters is 1. The van der Waals surface area contributed by atoms with Crippen LogP contribution in [-0.2, 0) is 25.7 Å². The predicted octanol–water partition coefficient (Wildman–Crippen LogP) is 3.39. The molecule has 0 aliphatic rings. The van der Waals surface area contributed by atoms with E-state index in [0.29, 0.717) is 11.3 Å². The monoisotopic (exact) mass is 435 g/mol. The first-order valence-electron chi connectivity index (χ1n) is 8.32. The molecule has 0 spiro atoms. The lowest BCUT2D eigenvalue weighted by molar-refractivity contribution is -0.147. The first kappa shape index (κ1) is 20.9. The lowest BCUT2D eigenvalue weighted by Crippen LogP contribution is -2.40. The molecule has 0 bridgehead atoms. The number of ether oxygens (including phenoxy) is 3. The van der Waals surface area contributed by atoms with Gasteiger partial charge in [0.05, 0.1) is 20.8 Å². The van der Waals surface area contributed by atoms with Crippen LogP contribution in [0.25, 0.3) is 0 Å². The Kier molecular flexibility index (Phi) is 7.82. The molecule has 0 aliphatic heterocycles. The highest BCUT2D eigenvalue weighted by Crippen LogP contribution is 2.19. The van der Waals surface area contributed by atoms with Gasteiger partial charge in [-0.1, -0.05) is 40.2 Å². The Morgan fingerprint density at radius 3 is 2.44 bits per heavy atom. The number of hydrogen-bond donors (Lipinski definition) is 1. The molecule has 0 radical (unpaired) electrons. The van der Waals surface area contributed by atoms with Crippen LogP contribution in [0.3, 0.4) is 0 Å². The van der Waals surface area contributed by atoms with E-state index in [4.69, 9.17) is 14.2 Å². The van der Waals surface area contributed by atoms with Gasteiger partial charge in [0.25, 0.3) is 0 Å². The molecule has 144 valence electrons. The Morgan fingerprint density at radius 1 is 1.11 bits per heavy atom. The number of benzene rings is 2. The van der Waals surface area contributed by atoms with Crippen molar-refractivity contribution < 1.29 is 23.8 Å². The maximum absolute atomic E-state index is 12.5. The first-order valence-corrected chi connectivity index (χ1v) is 9.12. The zero-order chi connectivity index (χ0) is 19.8. The number of methoxy groups -OCH3 is 2. The average Bonchev–Trinajstić information content (AvgIpc) is 2.70. The van der Waals surface area contributed by atoms with Crippen molar-refractivity contribution in [1.82, 2.24) is 5.32 Å². The Morgan fingerprint density at radius 2 is 1.81 bits per heavy atom. The van der Waals surface area contributed by atoms with Gasteiger partial charge in [0.15, 0.2) is 6.04 Å². The van der Waals surface area contributed by atoms with E-state index >= 15 is 0 Å². The molecule has 2 aromatic carbocycles. The summed E-state index contributed by atoms with van der Waals surface area (Å²) in [5.74, 6) is -0.240. The lowest BCUT2D eigenvalue weighted by Gasteiger charge is -2.20. The number of halogens is 1. The molecule has 0 saturated carbocycles. The van der Waals surface area contributed by atoms with Gasteiger partial charge in [0, 0.05) is 4.47 Å². The van der Waals surface area contributed by atoms with Crippen LogP contribution in [0.1, 0.15) is 24.1 Å². The summed E-state index contributed by atoms with van der Waals surface area (Å²) in [5.41, 5.74) is 1.50. The van der Waals surface area contributed by atoms with Gasteiger partial charge in [-0.05, 0) is 42.3 Å². The smallest absolute Gasteiger partial charge is 0.333 e. The van der Waals surface area contributed by atoms with Crippen molar-refractivity contribution >= 4 is 27.8 Å². The molecule has 7 heteroatoms. The van der Waals surface area contributed by atoms with Crippen molar-refractivity contribution in [3.05, 3.63) is 64.1 Å². The van der Waals surface area contributed by atoms with Crippen molar-refractivity contribution in [3.8, 4) is 5.75 Å². The van der Waals surface area contributed by atoms with Gasteiger partial charge >= 0.3 is 5.97 Å². The minimum absolute atomic E-state index is 0.243. The van der Waals surface area contributed by atoms with Gasteiger partial charge in [0.1, 0.15) is 11.9 Å². The van der Waals surface area contributed by atoms with Gasteiger partial charge < -0.3 is 19.5 Å². The molecule has 0 heterocycles. The number of carbonyl (C=O) groups excluding carboxylic acids is 2. The third kappa shape index (κ3) is 6.08. The summed E-state index contributed by atoms with van der Waals surface area (Å²) < 4.78 is 16.5. The highest BCUT2D eigenvalue weighted by Gasteiger charge is 2.26. The second-order valence-electron chi connectivity index (χ2n) is 5.82. The fourth-order valence-corrected chi connectivity index (χ4v) is 2.63. The minimum Gasteiger partial charge on any atom is -0.497 e. The molecule has 27 heavy (non-hydrogen) atoms. The number of nitrogens with one attached hydrogen (secondary N) is 1. The van der Waals surface area contributed by atoms with Crippen LogP contribution in [-0.4, -0.2) is 32.2 Å². The summed E-state index contributed by atoms with van der Waals surface area (Å²) in [6.07, 6.45) is -0.751. The molecular formula is C20H22BrNO5. The molecule has 6 nitrogen and oxygen atoms in total. The maximum Gasteiger partial charge on any atom is 0.333 e. The number of amides is 1. The fraction of sp³-hybridized carbons (Fsp3) is 0.300. The number of rotatable bonds is 8. The molecule has 0 aromatic heterocycles. The number of hydrogen-bond acceptors (Lipinski definition) is 5. The van der Waals surface area contributed by atoms with E-state index in [1.165, 1.54) is 7.11 Å². The fourth-order valence-electron chi connectivity index (χ4n) is 2.37. The molecule has 1 amide bonds. The van der Waals surface area contributed by atoms with Crippen LogP contribution in [0.15, 0.2) is 53.0 Å². The first-order chi connectivity index (χ1) is 12.9. The van der Waals surface area contributed by atoms with Crippen molar-refractivity contribution in [2.45, 2.75) is 25.7 Å². The third-order valence-electron chi connectivity index (χ3n) is 3.93. The Balaban J connectivity index is 2.00. The molecular weight excluding hydrogens is 414 g/mol. The summed E-state index contributed by atoms with van der Waals surface area (Å²) in [6, 6.07) is 13.6. The highest BCUT2D eigenvalue weighted by molar-refractivity contribution is 9.10. The summed E-state index contributed by atoms with van der Waals surface area (Å²) in [5, 5.41) is 2.68. The zero-order valence-corrected chi connectivity index (χ0v) is 17.0. The van der Waals surface area contributed by atoms with E-state index < -0.39 is 24.0 Å². The van der Waals surface area contributed by atoms with E-state index in [-0.39, 0.29) is 6.61 Å². The topological polar surface area (TPSA) is 73.9 Å². The summed E-state index contributed by atoms with van der Waals surface area (Å²) in [6.45, 7) is 1.87. The highest BCUT2D eigenvalue weighted by atomic mass is 79.9. The third-order valence-corrected chi connectivity index (χ3v) is 4.46. The summed E-state index contributed by atoms with van der Waals surface area (Å²) in [7, 11) is 2.87. The standard InChI is InChI=1S/C20H22BrNO5/c1-13(27-12-14-5-4-6-17(11-14)25-2)19(23)22-18(20(24)26-3)15-7-9-16(21)10-8-15/h4-11,13,18H,12H2,1-3H3,(H,22,23). The van der Waals surface area contributed by atoms with Gasteiger partial charge in [-0.2, -0.15) is 0 Å². The van der Waals surface area contributed by atoms with Crippen molar-refractivity contribution in [1.29, 1.82) is 0 Å². The molecule has 2 unspecified atom stereocenters. The SMILES string of the molecule is COC(=O)C(NC(=O)C(C)OCc1cccc(OC)c1)c1ccc(Br)cc1. The average molecular weight is 436 g/mol. The van der Waals surface area contributed by atoms with Crippen LogP contribution in [0.4, 0.5) is 0 Å². The zero-order valence-electron chi connectivity index (χ0n) is 15.4. The maximum atomic E-state index is 12.5. The van der Waals surface area contributed by atoms with Crippen LogP contribution in [0, 0.1) is 0 Å². The second kappa shape index (κ2) is 10.1. The second-order valence-corrected chi connectivity index (χ2v) is 6.74. The van der Waals surface area contributed by atoms with E-state index in [1.54, 1.807) is 38.3 Å². The largest absolute Gasteiger partial charge is 0.497 e. The molecule has 2 atom stereocenters. The van der Waals surface area contributed by atoms with Crippen molar-refractivity contribution in [2.24, 2.45) is 0 Å². The van der Waals surface area contributed by atoms with Crippen LogP contribution >= 0.6 is 15.9 Å². The lowest BCUT2D eigenvalue weighted by atomic mass is 10.1. The quantitative estimate of drug-likeness (QED) is 0.643. The summed E-state index contributed by atoms with van der Waals surface area (Å²) >= 11 is 3.34. The molecule has 0 saturated heterocycles. The van der Waals surface area contributed by atoms with Crippen LogP contribution in [0.2, 0.25) is 0 Å². The Hall–Kier alpha value is -2.38. The van der Waals surface area contributed by atoms with Crippen molar-refractivity contribution in [3.63, 3.8) is 0 Å². The van der Waals surface area contributed by atoms with Gasteiger partial charge in [0.2, 0.25) is 5.91 Å². The van der Waals surface area contributed by atoms with Crippen LogP contribution < -0.4 is 10.1 Å². The minimum atomic E-state index is -0.904. The molecule has 0 fully saturated rings. The van der Waals surface area contributed by atoms with E-state index in [9.17, 15) is 9.59 Å². The molecule has 2 aromatic rings. The predicted molar refractivity (Wildman–Crippen MR) is 104 cm³/mol. The molecule has 0 aliphatic carbocycles. The summed E-state index contributed by atoms with van der Waals surface area (Å²) in [4.78, 5) is 24.6. The van der Waals surface area contributed by atoms with Crippen LogP contribution in [0.5, 0.6) is 5.75 Å². The van der Waals surface area contributed by atoms with E-state index in [0.717, 1.165) is 10.0 Å². The van der Waals surface area contributed by atoms with Gasteiger partial charge in [-0.15, -0.1) is 0 Å².